The fourth-order valence-corrected chi connectivity index (χ4v) is 3.01. The molecule has 0 fully saturated rings. The maximum atomic E-state index is 11.6. The Kier molecular flexibility index (Phi) is 6.04. The summed E-state index contributed by atoms with van der Waals surface area (Å²) >= 11 is 1.67. The molecular weight excluding hydrogens is 252 g/mol. The number of hydrogen-bond acceptors (Lipinski definition) is 5. The van der Waals surface area contributed by atoms with Crippen molar-refractivity contribution in [2.75, 3.05) is 12.9 Å². The summed E-state index contributed by atoms with van der Waals surface area (Å²) in [4.78, 5) is 14.4. The van der Waals surface area contributed by atoms with Gasteiger partial charge in [0.05, 0.1) is 13.2 Å². The molecule has 0 aromatic carbocycles. The van der Waals surface area contributed by atoms with Gasteiger partial charge in [0.25, 0.3) is 0 Å². The SMILES string of the molecule is CCCS[C@@H]1C=C(C(=O)OC)C[C@H](N=[N+]=[N-])[C@H]1N. The fourth-order valence-electron chi connectivity index (χ4n) is 1.84. The van der Waals surface area contributed by atoms with E-state index in [4.69, 9.17) is 16.0 Å². The monoisotopic (exact) mass is 270 g/mol. The van der Waals surface area contributed by atoms with Gasteiger partial charge in [0, 0.05) is 21.8 Å². The third kappa shape index (κ3) is 3.66. The lowest BCUT2D eigenvalue weighted by Crippen LogP contribution is -2.45. The third-order valence-corrected chi connectivity index (χ3v) is 4.26. The number of nitrogens with two attached hydrogens (primary N) is 1. The topological polar surface area (TPSA) is 101 Å². The Morgan fingerprint density at radius 3 is 3.06 bits per heavy atom. The molecule has 0 saturated carbocycles. The van der Waals surface area contributed by atoms with Gasteiger partial charge >= 0.3 is 5.97 Å². The first-order valence-electron chi connectivity index (χ1n) is 5.84. The average Bonchev–Trinajstić information content (AvgIpc) is 2.39. The molecule has 0 aliphatic heterocycles. The van der Waals surface area contributed by atoms with E-state index >= 15 is 0 Å². The zero-order valence-corrected chi connectivity index (χ0v) is 11.4. The van der Waals surface area contributed by atoms with Gasteiger partial charge in [-0.1, -0.05) is 18.1 Å². The number of azide groups is 1. The molecule has 0 spiro atoms. The molecule has 1 aliphatic carbocycles. The van der Waals surface area contributed by atoms with Crippen LogP contribution < -0.4 is 5.73 Å². The van der Waals surface area contributed by atoms with Crippen molar-refractivity contribution in [3.8, 4) is 0 Å². The lowest BCUT2D eigenvalue weighted by molar-refractivity contribution is -0.136. The Balaban J connectivity index is 2.90. The highest BCUT2D eigenvalue weighted by molar-refractivity contribution is 8.00. The predicted octanol–water partition coefficient (Wildman–Crippen LogP) is 2.01. The molecule has 7 heteroatoms. The molecule has 1 rings (SSSR count). The first kappa shape index (κ1) is 14.9. The molecule has 0 heterocycles. The van der Waals surface area contributed by atoms with Crippen molar-refractivity contribution in [2.45, 2.75) is 37.1 Å². The van der Waals surface area contributed by atoms with Crippen LogP contribution in [0.1, 0.15) is 19.8 Å². The van der Waals surface area contributed by atoms with Gasteiger partial charge in [0.15, 0.2) is 0 Å². The number of nitrogens with zero attached hydrogens (tertiary/aromatic N) is 3. The van der Waals surface area contributed by atoms with Gasteiger partial charge in [-0.05, 0) is 24.1 Å². The van der Waals surface area contributed by atoms with Crippen LogP contribution in [0.25, 0.3) is 10.4 Å². The van der Waals surface area contributed by atoms with E-state index in [0.29, 0.717) is 12.0 Å². The van der Waals surface area contributed by atoms with Gasteiger partial charge in [-0.25, -0.2) is 4.79 Å². The second-order valence-corrected chi connectivity index (χ2v) is 5.36. The van der Waals surface area contributed by atoms with E-state index in [1.165, 1.54) is 7.11 Å². The Labute approximate surface area is 111 Å². The molecule has 0 amide bonds. The molecule has 0 bridgehead atoms. The molecule has 0 unspecified atom stereocenters. The number of esters is 1. The number of methoxy groups -OCH3 is 1. The van der Waals surface area contributed by atoms with Crippen LogP contribution in [0.4, 0.5) is 0 Å². The molecule has 1 aliphatic rings. The summed E-state index contributed by atoms with van der Waals surface area (Å²) in [6.45, 7) is 2.08. The molecule has 0 aromatic heterocycles. The first-order chi connectivity index (χ1) is 8.63. The zero-order chi connectivity index (χ0) is 13.5. The van der Waals surface area contributed by atoms with Crippen molar-refractivity contribution >= 4 is 17.7 Å². The lowest BCUT2D eigenvalue weighted by atomic mass is 9.91. The summed E-state index contributed by atoms with van der Waals surface area (Å²) in [5.41, 5.74) is 15.2. The van der Waals surface area contributed by atoms with Gasteiger partial charge in [-0.3, -0.25) is 0 Å². The van der Waals surface area contributed by atoms with Gasteiger partial charge in [-0.2, -0.15) is 11.8 Å². The molecule has 2 N–H and O–H groups in total. The van der Waals surface area contributed by atoms with Gasteiger partial charge in [-0.15, -0.1) is 0 Å². The van der Waals surface area contributed by atoms with Crippen molar-refractivity contribution in [3.05, 3.63) is 22.1 Å². The smallest absolute Gasteiger partial charge is 0.333 e. The summed E-state index contributed by atoms with van der Waals surface area (Å²) in [6.07, 6.45) is 3.22. The highest BCUT2D eigenvalue weighted by Gasteiger charge is 2.32. The van der Waals surface area contributed by atoms with Crippen molar-refractivity contribution in [1.29, 1.82) is 0 Å². The fraction of sp³-hybridized carbons (Fsp3) is 0.727. The number of carbonyl (C=O) groups is 1. The van der Waals surface area contributed by atoms with Crippen molar-refractivity contribution < 1.29 is 9.53 Å². The molecule has 0 saturated heterocycles. The molecular formula is C11H18N4O2S. The van der Waals surface area contributed by atoms with Crippen molar-refractivity contribution in [3.63, 3.8) is 0 Å². The standard InChI is InChI=1S/C11H18N4O2S/c1-3-4-18-9-6-7(11(16)17-2)5-8(10(9)12)14-15-13/h6,8-10H,3-5,12H2,1-2H3/t8-,9+,10+/m0/s1. The summed E-state index contributed by atoms with van der Waals surface area (Å²) in [5.74, 6) is 0.578. The lowest BCUT2D eigenvalue weighted by Gasteiger charge is -2.31. The number of hydrogen-bond donors (Lipinski definition) is 1. The largest absolute Gasteiger partial charge is 0.466 e. The van der Waals surface area contributed by atoms with Crippen LogP contribution in [0.5, 0.6) is 0 Å². The Hall–Kier alpha value is -1.17. The number of carbonyl (C=O) groups excluding carboxylic acids is 1. The predicted molar refractivity (Wildman–Crippen MR) is 72.2 cm³/mol. The summed E-state index contributed by atoms with van der Waals surface area (Å²) in [7, 11) is 1.34. The molecule has 18 heavy (non-hydrogen) atoms. The minimum atomic E-state index is -0.386. The molecule has 0 aromatic rings. The van der Waals surface area contributed by atoms with E-state index in [1.54, 1.807) is 11.8 Å². The van der Waals surface area contributed by atoms with Crippen LogP contribution in [0.3, 0.4) is 0 Å². The van der Waals surface area contributed by atoms with Crippen LogP contribution >= 0.6 is 11.8 Å². The van der Waals surface area contributed by atoms with Crippen LogP contribution in [-0.4, -0.2) is 36.2 Å². The second-order valence-electron chi connectivity index (χ2n) is 4.07. The number of ether oxygens (including phenoxy) is 1. The maximum absolute atomic E-state index is 11.6. The first-order valence-corrected chi connectivity index (χ1v) is 6.89. The highest BCUT2D eigenvalue weighted by atomic mass is 32.2. The van der Waals surface area contributed by atoms with Crippen LogP contribution in [0.15, 0.2) is 16.8 Å². The second kappa shape index (κ2) is 7.31. The average molecular weight is 270 g/mol. The van der Waals surface area contributed by atoms with Gasteiger partial charge in [0.1, 0.15) is 0 Å². The van der Waals surface area contributed by atoms with E-state index < -0.39 is 0 Å². The third-order valence-electron chi connectivity index (χ3n) is 2.78. The summed E-state index contributed by atoms with van der Waals surface area (Å²) < 4.78 is 4.71. The Morgan fingerprint density at radius 1 is 1.78 bits per heavy atom. The van der Waals surface area contributed by atoms with Gasteiger partial charge in [0.2, 0.25) is 0 Å². The van der Waals surface area contributed by atoms with Crippen LogP contribution in [-0.2, 0) is 9.53 Å². The Morgan fingerprint density at radius 2 is 2.50 bits per heavy atom. The minimum absolute atomic E-state index is 0.0108. The number of thioether (sulfide) groups is 1. The van der Waals surface area contributed by atoms with Crippen molar-refractivity contribution in [2.24, 2.45) is 10.8 Å². The van der Waals surface area contributed by atoms with E-state index in [-0.39, 0.29) is 23.3 Å². The van der Waals surface area contributed by atoms with Crippen molar-refractivity contribution in [1.82, 2.24) is 0 Å². The molecule has 100 valence electrons. The highest BCUT2D eigenvalue weighted by Crippen LogP contribution is 2.29. The summed E-state index contributed by atoms with van der Waals surface area (Å²) in [6, 6.07) is -0.644. The van der Waals surface area contributed by atoms with E-state index in [2.05, 4.69) is 16.9 Å². The van der Waals surface area contributed by atoms with Crippen LogP contribution in [0, 0.1) is 0 Å². The molecule has 0 radical (unpaired) electrons. The summed E-state index contributed by atoms with van der Waals surface area (Å²) in [5, 5.41) is 3.67. The van der Waals surface area contributed by atoms with E-state index in [1.807, 2.05) is 6.08 Å². The van der Waals surface area contributed by atoms with Crippen LogP contribution in [0.2, 0.25) is 0 Å². The zero-order valence-electron chi connectivity index (χ0n) is 10.6. The van der Waals surface area contributed by atoms with E-state index in [0.717, 1.165) is 12.2 Å². The number of rotatable bonds is 5. The Bertz CT molecular complexity index is 379. The quantitative estimate of drug-likeness (QED) is 0.357. The normalized spacial score (nSPS) is 27.1. The minimum Gasteiger partial charge on any atom is -0.466 e. The van der Waals surface area contributed by atoms with E-state index in [9.17, 15) is 4.79 Å². The maximum Gasteiger partial charge on any atom is 0.333 e. The van der Waals surface area contributed by atoms with Gasteiger partial charge < -0.3 is 10.5 Å². The molecule has 3 atom stereocenters. The molecule has 6 nitrogen and oxygen atoms in total.